The molecule has 0 unspecified atom stereocenters. The predicted octanol–water partition coefficient (Wildman–Crippen LogP) is 1.77. The molecule has 1 aromatic heterocycles. The van der Waals surface area contributed by atoms with Crippen LogP contribution < -0.4 is 9.47 Å². The Morgan fingerprint density at radius 1 is 1.07 bits per heavy atom. The van der Waals surface area contributed by atoms with E-state index in [-0.39, 0.29) is 24.2 Å². The van der Waals surface area contributed by atoms with Crippen molar-refractivity contribution >= 4 is 15.7 Å². The second kappa shape index (κ2) is 7.19. The molecular formula is C19H20N2O5S. The average molecular weight is 388 g/mol. The maximum Gasteiger partial charge on any atom is 0.231 e. The van der Waals surface area contributed by atoms with Gasteiger partial charge in [0, 0.05) is 25.5 Å². The van der Waals surface area contributed by atoms with Crippen LogP contribution in [-0.2, 0) is 27.7 Å². The van der Waals surface area contributed by atoms with Crippen LogP contribution in [-0.4, -0.2) is 42.5 Å². The van der Waals surface area contributed by atoms with Gasteiger partial charge in [0.05, 0.1) is 17.4 Å². The summed E-state index contributed by atoms with van der Waals surface area (Å²) in [6, 6.07) is 9.29. The maximum absolute atomic E-state index is 13.1. The number of benzene rings is 1. The minimum Gasteiger partial charge on any atom is -0.454 e. The molecule has 1 saturated heterocycles. The van der Waals surface area contributed by atoms with E-state index in [0.29, 0.717) is 31.0 Å². The number of pyridine rings is 1. The van der Waals surface area contributed by atoms with E-state index in [0.717, 1.165) is 11.1 Å². The molecule has 0 radical (unpaired) electrons. The van der Waals surface area contributed by atoms with Gasteiger partial charge in [-0.15, -0.1) is 0 Å². The fourth-order valence-corrected chi connectivity index (χ4v) is 5.16. The third kappa shape index (κ3) is 4.05. The van der Waals surface area contributed by atoms with Gasteiger partial charge in [-0.3, -0.25) is 9.78 Å². The molecule has 1 fully saturated rings. The van der Waals surface area contributed by atoms with Gasteiger partial charge in [0.25, 0.3) is 0 Å². The lowest BCUT2D eigenvalue weighted by Crippen LogP contribution is -2.36. The summed E-state index contributed by atoms with van der Waals surface area (Å²) in [5.41, 5.74) is 1.85. The van der Waals surface area contributed by atoms with Crippen molar-refractivity contribution < 1.29 is 22.7 Å². The van der Waals surface area contributed by atoms with E-state index in [4.69, 9.17) is 9.47 Å². The van der Waals surface area contributed by atoms with Crippen LogP contribution in [0.1, 0.15) is 17.5 Å². The van der Waals surface area contributed by atoms with Gasteiger partial charge >= 0.3 is 0 Å². The number of nitrogens with zero attached hydrogens (tertiary/aromatic N) is 2. The summed E-state index contributed by atoms with van der Waals surface area (Å²) in [6.07, 6.45) is 3.74. The molecule has 0 saturated carbocycles. The largest absolute Gasteiger partial charge is 0.454 e. The number of carbonyl (C=O) groups excluding carboxylic acids is 1. The van der Waals surface area contributed by atoms with Crippen molar-refractivity contribution in [2.24, 2.45) is 5.92 Å². The fourth-order valence-electron chi connectivity index (χ4n) is 3.43. The number of hydrogen-bond donors (Lipinski definition) is 0. The van der Waals surface area contributed by atoms with E-state index in [1.165, 1.54) is 0 Å². The van der Waals surface area contributed by atoms with Gasteiger partial charge in [0.2, 0.25) is 12.7 Å². The molecule has 8 heteroatoms. The lowest BCUT2D eigenvalue weighted by atomic mass is 10.1. The van der Waals surface area contributed by atoms with Gasteiger partial charge in [-0.1, -0.05) is 6.07 Å². The van der Waals surface area contributed by atoms with E-state index in [2.05, 4.69) is 4.98 Å². The van der Waals surface area contributed by atoms with E-state index < -0.39 is 15.8 Å². The molecule has 2 aromatic rings. The average Bonchev–Trinajstić information content (AvgIpc) is 3.27. The Bertz CT molecular complexity index is 946. The smallest absolute Gasteiger partial charge is 0.231 e. The lowest BCUT2D eigenvalue weighted by molar-refractivity contribution is -0.136. The summed E-state index contributed by atoms with van der Waals surface area (Å²) in [4.78, 5) is 18.8. The van der Waals surface area contributed by atoms with E-state index in [1.807, 2.05) is 30.3 Å². The minimum absolute atomic E-state index is 0.0696. The lowest BCUT2D eigenvalue weighted by Gasteiger charge is -2.25. The summed E-state index contributed by atoms with van der Waals surface area (Å²) in [5.74, 6) is 0.743. The van der Waals surface area contributed by atoms with Gasteiger partial charge < -0.3 is 14.4 Å². The number of carbonyl (C=O) groups is 1. The standard InChI is InChI=1S/C19H20N2O5S/c22-19(16-5-8-27(23,24)12-16)21(10-14-3-6-20-7-4-14)11-15-1-2-17-18(9-15)26-13-25-17/h1-4,6-7,9,16H,5,8,10-13H2/t16-/m0/s1. The molecule has 3 heterocycles. The minimum atomic E-state index is -3.12. The number of ether oxygens (including phenoxy) is 2. The number of amides is 1. The molecule has 2 aliphatic rings. The van der Waals surface area contributed by atoms with Gasteiger partial charge in [-0.25, -0.2) is 8.42 Å². The number of aromatic nitrogens is 1. The SMILES string of the molecule is O=C([C@H]1CCS(=O)(=O)C1)N(Cc1ccncc1)Cc1ccc2c(c1)OCO2. The van der Waals surface area contributed by atoms with Crippen LogP contribution in [0.15, 0.2) is 42.7 Å². The molecule has 1 amide bonds. The highest BCUT2D eigenvalue weighted by molar-refractivity contribution is 7.91. The third-order valence-electron chi connectivity index (χ3n) is 4.83. The number of fused-ring (bicyclic) bond motifs is 1. The monoisotopic (exact) mass is 388 g/mol. The van der Waals surface area contributed by atoms with Crippen molar-refractivity contribution in [3.05, 3.63) is 53.9 Å². The van der Waals surface area contributed by atoms with Gasteiger partial charge in [0.1, 0.15) is 0 Å². The predicted molar refractivity (Wildman–Crippen MR) is 97.8 cm³/mol. The van der Waals surface area contributed by atoms with Crippen LogP contribution >= 0.6 is 0 Å². The molecule has 1 atom stereocenters. The molecule has 0 N–H and O–H groups in total. The van der Waals surface area contributed by atoms with Crippen molar-refractivity contribution in [3.8, 4) is 11.5 Å². The molecule has 0 bridgehead atoms. The maximum atomic E-state index is 13.1. The van der Waals surface area contributed by atoms with Crippen LogP contribution in [0.3, 0.4) is 0 Å². The van der Waals surface area contributed by atoms with Crippen LogP contribution in [0.2, 0.25) is 0 Å². The van der Waals surface area contributed by atoms with E-state index >= 15 is 0 Å². The molecule has 2 aliphatic heterocycles. The molecule has 7 nitrogen and oxygen atoms in total. The second-order valence-corrected chi connectivity index (χ2v) is 9.07. The normalized spacial score (nSPS) is 19.8. The highest BCUT2D eigenvalue weighted by atomic mass is 32.2. The Hall–Kier alpha value is -2.61. The Kier molecular flexibility index (Phi) is 4.73. The van der Waals surface area contributed by atoms with Crippen LogP contribution in [0.25, 0.3) is 0 Å². The van der Waals surface area contributed by atoms with Gasteiger partial charge in [-0.2, -0.15) is 0 Å². The van der Waals surface area contributed by atoms with Crippen molar-refractivity contribution in [1.82, 2.24) is 9.88 Å². The molecule has 1 aromatic carbocycles. The van der Waals surface area contributed by atoms with Crippen LogP contribution in [0.4, 0.5) is 0 Å². The summed E-state index contributed by atoms with van der Waals surface area (Å²) < 4.78 is 34.3. The first-order valence-corrected chi connectivity index (χ1v) is 10.6. The Labute approximate surface area is 157 Å². The van der Waals surface area contributed by atoms with Gasteiger partial charge in [-0.05, 0) is 41.8 Å². The first kappa shape index (κ1) is 17.8. The van der Waals surface area contributed by atoms with Crippen molar-refractivity contribution in [2.75, 3.05) is 18.3 Å². The second-order valence-electron chi connectivity index (χ2n) is 6.84. The molecule has 27 heavy (non-hydrogen) atoms. The summed E-state index contributed by atoms with van der Waals surface area (Å²) >= 11 is 0. The quantitative estimate of drug-likeness (QED) is 0.776. The molecule has 4 rings (SSSR count). The zero-order valence-corrected chi connectivity index (χ0v) is 15.5. The summed E-state index contributed by atoms with van der Waals surface area (Å²) in [5, 5.41) is 0. The van der Waals surface area contributed by atoms with E-state index in [1.54, 1.807) is 17.3 Å². The topological polar surface area (TPSA) is 85.8 Å². The third-order valence-corrected chi connectivity index (χ3v) is 6.59. The first-order chi connectivity index (χ1) is 13.0. The number of hydrogen-bond acceptors (Lipinski definition) is 6. The fraction of sp³-hybridized carbons (Fsp3) is 0.368. The number of sulfone groups is 1. The molecule has 0 spiro atoms. The van der Waals surface area contributed by atoms with E-state index in [9.17, 15) is 13.2 Å². The van der Waals surface area contributed by atoms with Crippen molar-refractivity contribution in [2.45, 2.75) is 19.5 Å². The summed E-state index contributed by atoms with van der Waals surface area (Å²) in [7, 11) is -3.12. The Morgan fingerprint density at radius 2 is 1.81 bits per heavy atom. The Balaban J connectivity index is 1.56. The first-order valence-electron chi connectivity index (χ1n) is 8.77. The molecule has 0 aliphatic carbocycles. The van der Waals surface area contributed by atoms with Crippen LogP contribution in [0, 0.1) is 5.92 Å². The molecular weight excluding hydrogens is 368 g/mol. The highest BCUT2D eigenvalue weighted by Crippen LogP contribution is 2.33. The molecule has 142 valence electrons. The number of rotatable bonds is 5. The zero-order chi connectivity index (χ0) is 18.9. The summed E-state index contributed by atoms with van der Waals surface area (Å²) in [6.45, 7) is 0.957. The Morgan fingerprint density at radius 3 is 2.56 bits per heavy atom. The van der Waals surface area contributed by atoms with Crippen molar-refractivity contribution in [3.63, 3.8) is 0 Å². The highest BCUT2D eigenvalue weighted by Gasteiger charge is 2.35. The van der Waals surface area contributed by atoms with Gasteiger partial charge in [0.15, 0.2) is 21.3 Å². The van der Waals surface area contributed by atoms with Crippen LogP contribution in [0.5, 0.6) is 11.5 Å². The van der Waals surface area contributed by atoms with Crippen molar-refractivity contribution in [1.29, 1.82) is 0 Å². The zero-order valence-electron chi connectivity index (χ0n) is 14.7.